The summed E-state index contributed by atoms with van der Waals surface area (Å²) in [6, 6.07) is 3.53. The number of amides is 1. The van der Waals surface area contributed by atoms with Crippen LogP contribution in [0.4, 0.5) is 5.82 Å². The highest BCUT2D eigenvalue weighted by Crippen LogP contribution is 2.62. The van der Waals surface area contributed by atoms with Gasteiger partial charge in [-0.15, -0.1) is 0 Å². The molecule has 1 aliphatic rings. The molecule has 4 nitrogen and oxygen atoms in total. The number of halogens is 1. The van der Waals surface area contributed by atoms with Crippen molar-refractivity contribution >= 4 is 23.3 Å². The van der Waals surface area contributed by atoms with Gasteiger partial charge in [-0.2, -0.15) is 0 Å². The van der Waals surface area contributed by atoms with Crippen LogP contribution < -0.4 is 10.6 Å². The number of nitrogens with one attached hydrogen (secondary N) is 2. The van der Waals surface area contributed by atoms with Gasteiger partial charge in [0, 0.05) is 18.2 Å². The molecule has 5 heteroatoms. The van der Waals surface area contributed by atoms with Gasteiger partial charge >= 0.3 is 0 Å². The van der Waals surface area contributed by atoms with Crippen LogP contribution in [0.2, 0.25) is 5.15 Å². The SMILES string of the molecule is CCCNc1cc(C(=O)NC2C(C)(C)C2(C)C)cc(Cl)n1. The van der Waals surface area contributed by atoms with E-state index in [1.54, 1.807) is 12.1 Å². The van der Waals surface area contributed by atoms with Crippen molar-refractivity contribution in [1.29, 1.82) is 0 Å². The molecule has 1 heterocycles. The van der Waals surface area contributed by atoms with Gasteiger partial charge in [0.05, 0.1) is 0 Å². The summed E-state index contributed by atoms with van der Waals surface area (Å²) in [4.78, 5) is 16.6. The lowest BCUT2D eigenvalue weighted by Gasteiger charge is -2.10. The number of hydrogen-bond acceptors (Lipinski definition) is 3. The second-order valence-electron chi connectivity index (χ2n) is 6.84. The molecule has 0 atom stereocenters. The largest absolute Gasteiger partial charge is 0.370 e. The van der Waals surface area contributed by atoms with Crippen LogP contribution in [-0.4, -0.2) is 23.5 Å². The fourth-order valence-corrected chi connectivity index (χ4v) is 2.95. The minimum Gasteiger partial charge on any atom is -0.370 e. The number of carbonyl (C=O) groups excluding carboxylic acids is 1. The molecule has 116 valence electrons. The zero-order valence-electron chi connectivity index (χ0n) is 13.4. The van der Waals surface area contributed by atoms with Gasteiger partial charge in [-0.05, 0) is 29.4 Å². The first kappa shape index (κ1) is 16.1. The topological polar surface area (TPSA) is 54.0 Å². The molecule has 2 rings (SSSR count). The molecular formula is C16H24ClN3O. The first-order valence-electron chi connectivity index (χ1n) is 7.42. The average Bonchev–Trinajstić information content (AvgIpc) is 2.78. The van der Waals surface area contributed by atoms with E-state index in [0.717, 1.165) is 13.0 Å². The quantitative estimate of drug-likeness (QED) is 0.815. The van der Waals surface area contributed by atoms with E-state index in [1.165, 1.54) is 0 Å². The average molecular weight is 310 g/mol. The monoisotopic (exact) mass is 309 g/mol. The molecule has 1 aromatic rings. The third-order valence-electron chi connectivity index (χ3n) is 4.91. The minimum atomic E-state index is -0.0949. The summed E-state index contributed by atoms with van der Waals surface area (Å²) in [6.07, 6.45) is 0.986. The van der Waals surface area contributed by atoms with Crippen LogP contribution in [0.3, 0.4) is 0 Å². The van der Waals surface area contributed by atoms with E-state index in [2.05, 4.69) is 50.2 Å². The summed E-state index contributed by atoms with van der Waals surface area (Å²) in [7, 11) is 0. The Morgan fingerprint density at radius 3 is 2.43 bits per heavy atom. The molecule has 0 radical (unpaired) electrons. The number of carbonyl (C=O) groups is 1. The van der Waals surface area contributed by atoms with E-state index >= 15 is 0 Å². The van der Waals surface area contributed by atoms with Crippen LogP contribution in [0.25, 0.3) is 0 Å². The second kappa shape index (κ2) is 5.48. The lowest BCUT2D eigenvalue weighted by molar-refractivity contribution is 0.0943. The first-order valence-corrected chi connectivity index (χ1v) is 7.80. The fourth-order valence-electron chi connectivity index (χ4n) is 2.74. The van der Waals surface area contributed by atoms with Crippen LogP contribution >= 0.6 is 11.6 Å². The Hall–Kier alpha value is -1.29. The molecule has 1 aromatic heterocycles. The van der Waals surface area contributed by atoms with E-state index < -0.39 is 0 Å². The lowest BCUT2D eigenvalue weighted by Crippen LogP contribution is -2.29. The van der Waals surface area contributed by atoms with Crippen molar-refractivity contribution in [3.8, 4) is 0 Å². The van der Waals surface area contributed by atoms with Crippen LogP contribution in [0.15, 0.2) is 12.1 Å². The number of aromatic nitrogens is 1. The number of nitrogens with zero attached hydrogens (tertiary/aromatic N) is 1. The summed E-state index contributed by atoms with van der Waals surface area (Å²) >= 11 is 6.01. The highest BCUT2D eigenvalue weighted by molar-refractivity contribution is 6.29. The maximum absolute atomic E-state index is 12.4. The molecule has 0 unspecified atom stereocenters. The summed E-state index contributed by atoms with van der Waals surface area (Å²) in [6.45, 7) is 11.6. The standard InChI is InChI=1S/C16H24ClN3O/c1-6-7-18-12-9-10(8-11(17)19-12)13(21)20-14-15(2,3)16(14,4)5/h8-9,14H,6-7H2,1-5H3,(H,18,19)(H,20,21). The van der Waals surface area contributed by atoms with Crippen LogP contribution in [0, 0.1) is 10.8 Å². The van der Waals surface area contributed by atoms with Gasteiger partial charge in [0.2, 0.25) is 0 Å². The predicted octanol–water partition coefficient (Wildman–Crippen LogP) is 3.72. The summed E-state index contributed by atoms with van der Waals surface area (Å²) in [5.41, 5.74) is 0.776. The molecular weight excluding hydrogens is 286 g/mol. The number of anilines is 1. The van der Waals surface area contributed by atoms with Gasteiger partial charge in [-0.25, -0.2) is 4.98 Å². The summed E-state index contributed by atoms with van der Waals surface area (Å²) in [5.74, 6) is 0.548. The first-order chi connectivity index (χ1) is 9.70. The van der Waals surface area contributed by atoms with E-state index in [-0.39, 0.29) is 22.8 Å². The normalized spacial score (nSPS) is 19.1. The fraction of sp³-hybridized carbons (Fsp3) is 0.625. The van der Waals surface area contributed by atoms with Crippen molar-refractivity contribution in [1.82, 2.24) is 10.3 Å². The van der Waals surface area contributed by atoms with Gasteiger partial charge in [0.15, 0.2) is 0 Å². The van der Waals surface area contributed by atoms with E-state index in [4.69, 9.17) is 11.6 Å². The van der Waals surface area contributed by atoms with Crippen molar-refractivity contribution in [2.45, 2.75) is 47.1 Å². The third-order valence-corrected chi connectivity index (χ3v) is 5.10. The third kappa shape index (κ3) is 3.00. The van der Waals surface area contributed by atoms with Gasteiger partial charge in [-0.3, -0.25) is 4.79 Å². The van der Waals surface area contributed by atoms with E-state index in [9.17, 15) is 4.79 Å². The molecule has 1 aliphatic carbocycles. The van der Waals surface area contributed by atoms with E-state index in [0.29, 0.717) is 16.5 Å². The maximum Gasteiger partial charge on any atom is 0.251 e. The van der Waals surface area contributed by atoms with Crippen LogP contribution in [-0.2, 0) is 0 Å². The van der Waals surface area contributed by atoms with Crippen molar-refractivity contribution in [3.63, 3.8) is 0 Å². The molecule has 2 N–H and O–H groups in total. The smallest absolute Gasteiger partial charge is 0.251 e. The summed E-state index contributed by atoms with van der Waals surface area (Å²) < 4.78 is 0. The Morgan fingerprint density at radius 2 is 1.90 bits per heavy atom. The van der Waals surface area contributed by atoms with Crippen molar-refractivity contribution in [2.75, 3.05) is 11.9 Å². The van der Waals surface area contributed by atoms with Gasteiger partial charge in [-0.1, -0.05) is 46.2 Å². The highest BCUT2D eigenvalue weighted by Gasteiger charge is 2.65. The van der Waals surface area contributed by atoms with E-state index in [1.807, 2.05) is 0 Å². The molecule has 0 spiro atoms. The number of hydrogen-bond donors (Lipinski definition) is 2. The minimum absolute atomic E-state index is 0.0949. The molecule has 21 heavy (non-hydrogen) atoms. The molecule has 0 saturated heterocycles. The summed E-state index contributed by atoms with van der Waals surface area (Å²) in [5, 5.41) is 6.59. The zero-order valence-corrected chi connectivity index (χ0v) is 14.1. The predicted molar refractivity (Wildman–Crippen MR) is 86.8 cm³/mol. The van der Waals surface area contributed by atoms with Crippen molar-refractivity contribution in [2.24, 2.45) is 10.8 Å². The molecule has 1 saturated carbocycles. The molecule has 1 amide bonds. The molecule has 1 fully saturated rings. The Balaban J connectivity index is 2.11. The number of rotatable bonds is 5. The highest BCUT2D eigenvalue weighted by atomic mass is 35.5. The second-order valence-corrected chi connectivity index (χ2v) is 7.23. The zero-order chi connectivity index (χ0) is 15.8. The molecule has 0 aromatic carbocycles. The van der Waals surface area contributed by atoms with Gasteiger partial charge in [0.1, 0.15) is 11.0 Å². The molecule has 0 aliphatic heterocycles. The Morgan fingerprint density at radius 1 is 1.29 bits per heavy atom. The molecule has 0 bridgehead atoms. The number of pyridine rings is 1. The van der Waals surface area contributed by atoms with Gasteiger partial charge < -0.3 is 10.6 Å². The van der Waals surface area contributed by atoms with Crippen molar-refractivity contribution < 1.29 is 4.79 Å². The van der Waals surface area contributed by atoms with Crippen LogP contribution in [0.5, 0.6) is 0 Å². The Kier molecular flexibility index (Phi) is 4.20. The maximum atomic E-state index is 12.4. The van der Waals surface area contributed by atoms with Crippen molar-refractivity contribution in [3.05, 3.63) is 22.8 Å². The van der Waals surface area contributed by atoms with Gasteiger partial charge in [0.25, 0.3) is 5.91 Å². The Bertz CT molecular complexity index is 540. The Labute approximate surface area is 131 Å². The lowest BCUT2D eigenvalue weighted by atomic mass is 10.0. The van der Waals surface area contributed by atoms with Crippen LogP contribution in [0.1, 0.15) is 51.4 Å².